The molecule has 0 saturated carbocycles. The molecule has 0 spiro atoms. The highest BCUT2D eigenvalue weighted by molar-refractivity contribution is 5.77. The molecule has 3 heteroatoms. The average molecular weight is 230 g/mol. The average Bonchev–Trinajstić information content (AvgIpc) is 2.32. The smallest absolute Gasteiger partial charge is 0.150 e. The minimum Gasteiger partial charge on any atom is -0.457 e. The second kappa shape index (κ2) is 4.78. The number of halogens is 1. The predicted molar refractivity (Wildman–Crippen MR) is 63.0 cm³/mol. The summed E-state index contributed by atoms with van der Waals surface area (Å²) in [7, 11) is 0. The van der Waals surface area contributed by atoms with E-state index in [0.29, 0.717) is 17.1 Å². The van der Waals surface area contributed by atoms with E-state index in [2.05, 4.69) is 0 Å². The van der Waals surface area contributed by atoms with Gasteiger partial charge in [-0.15, -0.1) is 0 Å². The lowest BCUT2D eigenvalue weighted by Crippen LogP contribution is -1.89. The van der Waals surface area contributed by atoms with E-state index in [1.165, 1.54) is 12.1 Å². The molecule has 86 valence electrons. The van der Waals surface area contributed by atoms with Crippen molar-refractivity contribution in [1.82, 2.24) is 0 Å². The van der Waals surface area contributed by atoms with E-state index in [9.17, 15) is 9.18 Å². The summed E-state index contributed by atoms with van der Waals surface area (Å²) in [5, 5.41) is 0. The Labute approximate surface area is 98.7 Å². The highest BCUT2D eigenvalue weighted by Gasteiger charge is 2.01. The molecule has 0 bridgehead atoms. The van der Waals surface area contributed by atoms with Crippen LogP contribution in [0.2, 0.25) is 0 Å². The number of carbonyl (C=O) groups excluding carboxylic acids is 1. The van der Waals surface area contributed by atoms with Crippen molar-refractivity contribution >= 4 is 6.29 Å². The molecule has 2 nitrogen and oxygen atoms in total. The lowest BCUT2D eigenvalue weighted by molar-refractivity contribution is 0.112. The number of hydrogen-bond donors (Lipinski definition) is 0. The zero-order chi connectivity index (χ0) is 12.3. The maximum Gasteiger partial charge on any atom is 0.150 e. The number of aldehydes is 1. The highest BCUT2D eigenvalue weighted by atomic mass is 19.1. The molecule has 0 aromatic heterocycles. The molecule has 0 amide bonds. The third-order valence-corrected chi connectivity index (χ3v) is 2.42. The number of hydrogen-bond acceptors (Lipinski definition) is 2. The Balaban J connectivity index is 2.21. The maximum atomic E-state index is 12.7. The zero-order valence-electron chi connectivity index (χ0n) is 9.31. The van der Waals surface area contributed by atoms with Gasteiger partial charge in [-0.3, -0.25) is 4.79 Å². The Kier molecular flexibility index (Phi) is 3.19. The van der Waals surface area contributed by atoms with Gasteiger partial charge >= 0.3 is 0 Å². The Bertz CT molecular complexity index is 532. The van der Waals surface area contributed by atoms with Crippen LogP contribution in [-0.4, -0.2) is 6.29 Å². The fourth-order valence-corrected chi connectivity index (χ4v) is 1.48. The quantitative estimate of drug-likeness (QED) is 0.751. The Morgan fingerprint density at radius 3 is 2.29 bits per heavy atom. The van der Waals surface area contributed by atoms with Crippen LogP contribution in [0.3, 0.4) is 0 Å². The van der Waals surface area contributed by atoms with Crippen molar-refractivity contribution in [1.29, 1.82) is 0 Å². The van der Waals surface area contributed by atoms with Gasteiger partial charge in [0.25, 0.3) is 0 Å². The Hall–Kier alpha value is -2.16. The van der Waals surface area contributed by atoms with Crippen LogP contribution in [0.25, 0.3) is 0 Å². The van der Waals surface area contributed by atoms with Crippen molar-refractivity contribution in [2.45, 2.75) is 6.92 Å². The van der Waals surface area contributed by atoms with Gasteiger partial charge in [0.2, 0.25) is 0 Å². The molecule has 0 radical (unpaired) electrons. The number of aryl methyl sites for hydroxylation is 1. The maximum absolute atomic E-state index is 12.7. The minimum atomic E-state index is -0.301. The van der Waals surface area contributed by atoms with E-state index in [-0.39, 0.29) is 5.82 Å². The standard InChI is InChI=1S/C14H11FO2/c1-10-8-14(5-2-11(10)9-16)17-13-6-3-12(15)4-7-13/h2-9H,1H3. The summed E-state index contributed by atoms with van der Waals surface area (Å²) in [5.41, 5.74) is 1.48. The molecule has 0 heterocycles. The number of ether oxygens (including phenoxy) is 1. The first-order valence-corrected chi connectivity index (χ1v) is 5.18. The summed E-state index contributed by atoms with van der Waals surface area (Å²) in [4.78, 5) is 10.7. The molecule has 0 aliphatic heterocycles. The van der Waals surface area contributed by atoms with Crippen LogP contribution in [0.1, 0.15) is 15.9 Å². The van der Waals surface area contributed by atoms with Gasteiger partial charge in [0, 0.05) is 5.56 Å². The molecule has 0 fully saturated rings. The lowest BCUT2D eigenvalue weighted by atomic mass is 10.1. The van der Waals surface area contributed by atoms with Gasteiger partial charge in [-0.2, -0.15) is 0 Å². The van der Waals surface area contributed by atoms with Crippen LogP contribution in [0.15, 0.2) is 42.5 Å². The number of carbonyl (C=O) groups is 1. The molecule has 0 saturated heterocycles. The molecule has 0 aliphatic rings. The van der Waals surface area contributed by atoms with Gasteiger partial charge < -0.3 is 4.74 Å². The first-order valence-electron chi connectivity index (χ1n) is 5.18. The molecule has 2 aromatic rings. The predicted octanol–water partition coefficient (Wildman–Crippen LogP) is 3.74. The van der Waals surface area contributed by atoms with E-state index in [1.54, 1.807) is 30.3 Å². The second-order valence-corrected chi connectivity index (χ2v) is 3.69. The fraction of sp³-hybridized carbons (Fsp3) is 0.0714. The summed E-state index contributed by atoms with van der Waals surface area (Å²) in [5.74, 6) is 0.884. The van der Waals surface area contributed by atoms with Crippen molar-refractivity contribution in [3.05, 3.63) is 59.4 Å². The summed E-state index contributed by atoms with van der Waals surface area (Å²) in [6, 6.07) is 11.0. The second-order valence-electron chi connectivity index (χ2n) is 3.69. The van der Waals surface area contributed by atoms with E-state index >= 15 is 0 Å². The highest BCUT2D eigenvalue weighted by Crippen LogP contribution is 2.23. The van der Waals surface area contributed by atoms with Gasteiger partial charge in [0.15, 0.2) is 0 Å². The fourth-order valence-electron chi connectivity index (χ4n) is 1.48. The molecule has 0 atom stereocenters. The molecule has 0 N–H and O–H groups in total. The Morgan fingerprint density at radius 1 is 1.06 bits per heavy atom. The van der Waals surface area contributed by atoms with Gasteiger partial charge in [-0.25, -0.2) is 4.39 Å². The summed E-state index contributed by atoms with van der Waals surface area (Å²) in [6.07, 6.45) is 0.803. The van der Waals surface area contributed by atoms with Gasteiger partial charge in [-0.1, -0.05) is 0 Å². The zero-order valence-corrected chi connectivity index (χ0v) is 9.31. The topological polar surface area (TPSA) is 26.3 Å². The van der Waals surface area contributed by atoms with Crippen LogP contribution < -0.4 is 4.74 Å². The first-order chi connectivity index (χ1) is 8.19. The first kappa shape index (κ1) is 11.3. The van der Waals surface area contributed by atoms with Crippen molar-refractivity contribution in [3.63, 3.8) is 0 Å². The molecule has 2 aromatic carbocycles. The molecular formula is C14H11FO2. The van der Waals surface area contributed by atoms with Crippen molar-refractivity contribution in [2.75, 3.05) is 0 Å². The van der Waals surface area contributed by atoms with Crippen molar-refractivity contribution in [2.24, 2.45) is 0 Å². The third-order valence-electron chi connectivity index (χ3n) is 2.42. The largest absolute Gasteiger partial charge is 0.457 e. The van der Waals surface area contributed by atoms with Crippen molar-refractivity contribution in [3.8, 4) is 11.5 Å². The lowest BCUT2D eigenvalue weighted by Gasteiger charge is -2.07. The van der Waals surface area contributed by atoms with Crippen LogP contribution in [0.5, 0.6) is 11.5 Å². The minimum absolute atomic E-state index is 0.301. The van der Waals surface area contributed by atoms with Gasteiger partial charge in [-0.05, 0) is 55.0 Å². The van der Waals surface area contributed by atoms with E-state index in [0.717, 1.165) is 11.8 Å². The van der Waals surface area contributed by atoms with Crippen LogP contribution in [0, 0.1) is 12.7 Å². The number of rotatable bonds is 3. The monoisotopic (exact) mass is 230 g/mol. The van der Waals surface area contributed by atoms with Crippen LogP contribution in [-0.2, 0) is 0 Å². The molecular weight excluding hydrogens is 219 g/mol. The summed E-state index contributed by atoms with van der Waals surface area (Å²) >= 11 is 0. The SMILES string of the molecule is Cc1cc(Oc2ccc(F)cc2)ccc1C=O. The molecule has 0 aliphatic carbocycles. The van der Waals surface area contributed by atoms with E-state index in [4.69, 9.17) is 4.74 Å². The van der Waals surface area contributed by atoms with E-state index < -0.39 is 0 Å². The molecule has 17 heavy (non-hydrogen) atoms. The summed E-state index contributed by atoms with van der Waals surface area (Å²) in [6.45, 7) is 1.83. The third kappa shape index (κ3) is 2.69. The summed E-state index contributed by atoms with van der Waals surface area (Å²) < 4.78 is 18.2. The normalized spacial score (nSPS) is 10.0. The van der Waals surface area contributed by atoms with Crippen LogP contribution >= 0.6 is 0 Å². The van der Waals surface area contributed by atoms with Gasteiger partial charge in [0.05, 0.1) is 0 Å². The molecule has 0 unspecified atom stereocenters. The van der Waals surface area contributed by atoms with Crippen molar-refractivity contribution < 1.29 is 13.9 Å². The number of benzene rings is 2. The van der Waals surface area contributed by atoms with Crippen LogP contribution in [0.4, 0.5) is 4.39 Å². The van der Waals surface area contributed by atoms with Gasteiger partial charge in [0.1, 0.15) is 23.6 Å². The Morgan fingerprint density at radius 2 is 1.71 bits per heavy atom. The van der Waals surface area contributed by atoms with E-state index in [1.807, 2.05) is 6.92 Å². The molecule has 2 rings (SSSR count).